The Hall–Kier alpha value is -2.18. The van der Waals surface area contributed by atoms with Crippen molar-refractivity contribution in [3.8, 4) is 5.75 Å². The van der Waals surface area contributed by atoms with E-state index in [1.165, 1.54) is 31.4 Å². The van der Waals surface area contributed by atoms with Crippen LogP contribution in [0.3, 0.4) is 0 Å². The molecule has 25 heavy (non-hydrogen) atoms. The Morgan fingerprint density at radius 3 is 2.56 bits per heavy atom. The van der Waals surface area contributed by atoms with E-state index in [-0.39, 0.29) is 23.2 Å². The molecule has 4 nitrogen and oxygen atoms in total. The summed E-state index contributed by atoms with van der Waals surface area (Å²) < 4.78 is 31.8. The monoisotopic (exact) mass is 369 g/mol. The number of carbonyl (C=O) groups excluding carboxylic acids is 1. The highest BCUT2D eigenvalue weighted by Gasteiger charge is 2.15. The third-order valence-electron chi connectivity index (χ3n) is 3.78. The molecule has 1 amide bonds. The van der Waals surface area contributed by atoms with Crippen LogP contribution >= 0.6 is 11.6 Å². The minimum Gasteiger partial charge on any atom is -0.494 e. The summed E-state index contributed by atoms with van der Waals surface area (Å²) in [5.74, 6) is -1.01. The number of quaternary nitrogens is 1. The highest BCUT2D eigenvalue weighted by molar-refractivity contribution is 6.31. The fraction of sp³-hybridized carbons (Fsp3) is 0.278. The molecule has 134 valence electrons. The van der Waals surface area contributed by atoms with Crippen molar-refractivity contribution >= 4 is 23.2 Å². The van der Waals surface area contributed by atoms with Crippen molar-refractivity contribution in [1.29, 1.82) is 0 Å². The van der Waals surface area contributed by atoms with Crippen molar-refractivity contribution in [1.82, 2.24) is 0 Å². The van der Waals surface area contributed by atoms with E-state index < -0.39 is 11.6 Å². The molecule has 0 fully saturated rings. The molecule has 0 spiro atoms. The molecule has 0 saturated carbocycles. The van der Waals surface area contributed by atoms with Gasteiger partial charge in [0.15, 0.2) is 18.1 Å². The van der Waals surface area contributed by atoms with E-state index in [1.54, 1.807) is 12.1 Å². The molecule has 2 aromatic carbocycles. The van der Waals surface area contributed by atoms with Gasteiger partial charge in [-0.25, -0.2) is 8.78 Å². The van der Waals surface area contributed by atoms with E-state index in [0.29, 0.717) is 18.8 Å². The largest absolute Gasteiger partial charge is 0.494 e. The van der Waals surface area contributed by atoms with Gasteiger partial charge in [-0.3, -0.25) is 4.79 Å². The van der Waals surface area contributed by atoms with Crippen LogP contribution in [0.5, 0.6) is 5.75 Å². The predicted molar refractivity (Wildman–Crippen MR) is 93.1 cm³/mol. The second-order valence-corrected chi connectivity index (χ2v) is 6.01. The first-order valence-corrected chi connectivity index (χ1v) is 8.21. The quantitative estimate of drug-likeness (QED) is 0.788. The van der Waals surface area contributed by atoms with Gasteiger partial charge >= 0.3 is 0 Å². The van der Waals surface area contributed by atoms with Crippen LogP contribution in [0, 0.1) is 11.6 Å². The average Bonchev–Trinajstić information content (AvgIpc) is 2.57. The van der Waals surface area contributed by atoms with Crippen LogP contribution in [0.4, 0.5) is 14.5 Å². The van der Waals surface area contributed by atoms with Crippen LogP contribution in [0.1, 0.15) is 12.5 Å². The standard InChI is InChI=1S/C18H19ClF2N2O2/c1-3-23(10-12-4-7-17(25-2)16(21)8-12)11-18(24)22-13-5-6-15(20)14(19)9-13/h4-9H,3,10-11H2,1-2H3,(H,22,24)/p+1. The van der Waals surface area contributed by atoms with E-state index in [0.717, 1.165) is 10.5 Å². The first-order valence-electron chi connectivity index (χ1n) is 7.83. The summed E-state index contributed by atoms with van der Waals surface area (Å²) in [5, 5.41) is 2.64. The molecule has 1 unspecified atom stereocenters. The van der Waals surface area contributed by atoms with Crippen LogP contribution in [0.2, 0.25) is 5.02 Å². The zero-order valence-electron chi connectivity index (χ0n) is 14.0. The minimum absolute atomic E-state index is 0.0498. The molecule has 0 saturated heterocycles. The zero-order chi connectivity index (χ0) is 18.4. The van der Waals surface area contributed by atoms with Crippen molar-refractivity contribution in [2.75, 3.05) is 25.5 Å². The summed E-state index contributed by atoms with van der Waals surface area (Å²) in [5.41, 5.74) is 1.20. The highest BCUT2D eigenvalue weighted by atomic mass is 35.5. The van der Waals surface area contributed by atoms with Crippen molar-refractivity contribution < 1.29 is 23.2 Å². The zero-order valence-corrected chi connectivity index (χ0v) is 14.8. The molecule has 0 bridgehead atoms. The fourth-order valence-corrected chi connectivity index (χ4v) is 2.61. The number of carbonyl (C=O) groups is 1. The van der Waals surface area contributed by atoms with E-state index in [9.17, 15) is 13.6 Å². The number of methoxy groups -OCH3 is 1. The lowest BCUT2D eigenvalue weighted by molar-refractivity contribution is -0.903. The lowest BCUT2D eigenvalue weighted by Crippen LogP contribution is -3.11. The number of benzene rings is 2. The molecule has 7 heteroatoms. The second kappa shape index (κ2) is 8.78. The number of nitrogens with one attached hydrogen (secondary N) is 2. The van der Waals surface area contributed by atoms with Crippen LogP contribution < -0.4 is 15.0 Å². The van der Waals surface area contributed by atoms with Gasteiger partial charge in [0.2, 0.25) is 0 Å². The minimum atomic E-state index is -0.540. The maximum absolute atomic E-state index is 13.8. The second-order valence-electron chi connectivity index (χ2n) is 5.60. The molecule has 0 aliphatic rings. The smallest absolute Gasteiger partial charge is 0.279 e. The lowest BCUT2D eigenvalue weighted by atomic mass is 10.2. The number of hydrogen-bond donors (Lipinski definition) is 2. The number of likely N-dealkylation sites (N-methyl/N-ethyl adjacent to an activating group) is 1. The number of ether oxygens (including phenoxy) is 1. The first-order chi connectivity index (χ1) is 11.9. The molecular weight excluding hydrogens is 350 g/mol. The summed E-state index contributed by atoms with van der Waals surface area (Å²) in [7, 11) is 1.41. The van der Waals surface area contributed by atoms with E-state index >= 15 is 0 Å². The number of hydrogen-bond acceptors (Lipinski definition) is 2. The van der Waals surface area contributed by atoms with Crippen LogP contribution in [0.15, 0.2) is 36.4 Å². The fourth-order valence-electron chi connectivity index (χ4n) is 2.43. The lowest BCUT2D eigenvalue weighted by Gasteiger charge is -2.17. The van der Waals surface area contributed by atoms with Crippen molar-refractivity contribution in [2.24, 2.45) is 0 Å². The van der Waals surface area contributed by atoms with Gasteiger partial charge in [-0.15, -0.1) is 0 Å². The van der Waals surface area contributed by atoms with Crippen LogP contribution in [-0.4, -0.2) is 26.1 Å². The third kappa shape index (κ3) is 5.41. The van der Waals surface area contributed by atoms with Crippen LogP contribution in [-0.2, 0) is 11.3 Å². The Kier molecular flexibility index (Phi) is 6.73. The number of amides is 1. The Morgan fingerprint density at radius 2 is 1.96 bits per heavy atom. The van der Waals surface area contributed by atoms with E-state index in [2.05, 4.69) is 5.32 Å². The molecule has 2 rings (SSSR count). The number of rotatable bonds is 7. The first kappa shape index (κ1) is 19.1. The van der Waals surface area contributed by atoms with Gasteiger partial charge in [0.1, 0.15) is 12.4 Å². The van der Waals surface area contributed by atoms with Crippen molar-refractivity contribution in [2.45, 2.75) is 13.5 Å². The molecule has 0 aromatic heterocycles. The Morgan fingerprint density at radius 1 is 1.20 bits per heavy atom. The number of halogens is 3. The summed E-state index contributed by atoms with van der Waals surface area (Å²) in [6.07, 6.45) is 0. The third-order valence-corrected chi connectivity index (χ3v) is 4.07. The summed E-state index contributed by atoms with van der Waals surface area (Å²) in [4.78, 5) is 13.1. The normalized spacial score (nSPS) is 11.9. The molecule has 0 aliphatic heterocycles. The molecule has 0 aliphatic carbocycles. The maximum Gasteiger partial charge on any atom is 0.279 e. The molecular formula is C18H20ClF2N2O2+. The highest BCUT2D eigenvalue weighted by Crippen LogP contribution is 2.19. The van der Waals surface area contributed by atoms with Gasteiger partial charge in [0, 0.05) is 11.3 Å². The molecule has 2 aromatic rings. The van der Waals surface area contributed by atoms with E-state index in [1.807, 2.05) is 6.92 Å². The molecule has 1 atom stereocenters. The van der Waals surface area contributed by atoms with Gasteiger partial charge in [-0.2, -0.15) is 0 Å². The Balaban J connectivity index is 1.97. The summed E-state index contributed by atoms with van der Waals surface area (Å²) in [6.45, 7) is 3.32. The van der Waals surface area contributed by atoms with Gasteiger partial charge in [0.25, 0.3) is 5.91 Å². The average molecular weight is 370 g/mol. The molecule has 0 heterocycles. The topological polar surface area (TPSA) is 42.8 Å². The van der Waals surface area contributed by atoms with Crippen LogP contribution in [0.25, 0.3) is 0 Å². The summed E-state index contributed by atoms with van der Waals surface area (Å²) >= 11 is 5.70. The SMILES string of the molecule is CC[NH+](CC(=O)Nc1ccc(F)c(Cl)c1)Cc1ccc(OC)c(F)c1. The van der Waals surface area contributed by atoms with Crippen molar-refractivity contribution in [3.63, 3.8) is 0 Å². The Bertz CT molecular complexity index is 756. The van der Waals surface area contributed by atoms with Crippen molar-refractivity contribution in [3.05, 3.63) is 58.6 Å². The summed E-state index contributed by atoms with van der Waals surface area (Å²) in [6, 6.07) is 8.76. The number of anilines is 1. The van der Waals surface area contributed by atoms with Gasteiger partial charge < -0.3 is 15.0 Å². The molecule has 0 radical (unpaired) electrons. The Labute approximate surface area is 150 Å². The maximum atomic E-state index is 13.8. The van der Waals surface area contributed by atoms with E-state index in [4.69, 9.17) is 16.3 Å². The van der Waals surface area contributed by atoms with Gasteiger partial charge in [-0.05, 0) is 43.3 Å². The predicted octanol–water partition coefficient (Wildman–Crippen LogP) is 2.67. The van der Waals surface area contributed by atoms with Gasteiger partial charge in [0.05, 0.1) is 18.7 Å². The van der Waals surface area contributed by atoms with Gasteiger partial charge in [-0.1, -0.05) is 11.6 Å². The molecule has 2 N–H and O–H groups in total.